The molecule has 0 unspecified atom stereocenters. The number of hydrogen-bond donors (Lipinski definition) is 0. The highest BCUT2D eigenvalue weighted by molar-refractivity contribution is 6.09. The van der Waals surface area contributed by atoms with Crippen LogP contribution in [0, 0.1) is 0 Å². The maximum atomic E-state index is 6.52. The monoisotopic (exact) mass is 603 g/mol. The van der Waals surface area contributed by atoms with Crippen LogP contribution < -0.4 is 0 Å². The van der Waals surface area contributed by atoms with Crippen molar-refractivity contribution in [2.24, 2.45) is 0 Å². The minimum atomic E-state index is -0.493. The van der Waals surface area contributed by atoms with Gasteiger partial charge in [-0.25, -0.2) is 15.0 Å². The second-order valence-electron chi connectivity index (χ2n) is 12.7. The van der Waals surface area contributed by atoms with E-state index in [-0.39, 0.29) is 0 Å². The van der Waals surface area contributed by atoms with E-state index in [9.17, 15) is 0 Å². The van der Waals surface area contributed by atoms with Gasteiger partial charge in [-0.05, 0) is 64.4 Å². The number of aromatic nitrogens is 3. The van der Waals surface area contributed by atoms with Crippen molar-refractivity contribution in [1.82, 2.24) is 15.0 Å². The van der Waals surface area contributed by atoms with E-state index in [4.69, 9.17) is 19.4 Å². The quantitative estimate of drug-likeness (QED) is 0.201. The first kappa shape index (κ1) is 26.4. The fourth-order valence-electron chi connectivity index (χ4n) is 8.19. The minimum Gasteiger partial charge on any atom is -0.455 e. The Morgan fingerprint density at radius 1 is 0.532 bits per heavy atom. The molecule has 2 heterocycles. The lowest BCUT2D eigenvalue weighted by atomic mass is 9.55. The minimum absolute atomic E-state index is 0.386. The highest BCUT2D eigenvalue weighted by atomic mass is 16.3. The van der Waals surface area contributed by atoms with E-state index in [0.29, 0.717) is 17.6 Å². The first-order valence-electron chi connectivity index (χ1n) is 16.3. The molecular weight excluding hydrogens is 574 g/mol. The second kappa shape index (κ2) is 10.1. The van der Waals surface area contributed by atoms with Gasteiger partial charge in [0.15, 0.2) is 11.6 Å². The van der Waals surface area contributed by atoms with Crippen molar-refractivity contribution in [2.75, 3.05) is 0 Å². The van der Waals surface area contributed by atoms with E-state index in [0.717, 1.165) is 62.9 Å². The van der Waals surface area contributed by atoms with Crippen LogP contribution in [0.4, 0.5) is 0 Å². The molecule has 0 atom stereocenters. The van der Waals surface area contributed by atoms with Crippen molar-refractivity contribution in [3.05, 3.63) is 174 Å². The molecule has 3 aliphatic rings. The number of para-hydroxylation sites is 2. The molecule has 11 rings (SSSR count). The second-order valence-corrected chi connectivity index (χ2v) is 12.7. The molecule has 0 saturated carbocycles. The Labute approximate surface area is 272 Å². The van der Waals surface area contributed by atoms with Crippen LogP contribution >= 0.6 is 0 Å². The molecule has 6 aromatic carbocycles. The van der Waals surface area contributed by atoms with Crippen LogP contribution in [0.25, 0.3) is 55.8 Å². The smallest absolute Gasteiger partial charge is 0.167 e. The van der Waals surface area contributed by atoms with Gasteiger partial charge >= 0.3 is 0 Å². The van der Waals surface area contributed by atoms with Crippen molar-refractivity contribution in [2.45, 2.75) is 24.2 Å². The number of rotatable bonds is 4. The number of fused-ring (bicyclic) bond motifs is 4. The number of hydrogen-bond acceptors (Lipinski definition) is 4. The Bertz CT molecular complexity index is 2450. The van der Waals surface area contributed by atoms with Crippen molar-refractivity contribution in [3.63, 3.8) is 0 Å². The van der Waals surface area contributed by atoms with Crippen LogP contribution in [0.5, 0.6) is 0 Å². The van der Waals surface area contributed by atoms with Crippen LogP contribution in [0.1, 0.15) is 46.8 Å². The van der Waals surface area contributed by atoms with Crippen molar-refractivity contribution in [1.29, 1.82) is 0 Å². The predicted octanol–water partition coefficient (Wildman–Crippen LogP) is 10.3. The standard InChI is InChI=1S/C43H29N3O/c1-2-12-27(13-3-1)28-14-10-15-29(26-28)40-44-41(35-20-11-19-34-33-18-6-9-23-38(33)47-39(34)35)46-42(45-40)43-25-24-30(31-16-4-7-21-36(31)43)32-17-5-8-22-37(32)43/h1-23,26,30H,24-25H2. The maximum Gasteiger partial charge on any atom is 0.167 e. The number of furan rings is 1. The average molecular weight is 604 g/mol. The zero-order valence-electron chi connectivity index (χ0n) is 25.6. The topological polar surface area (TPSA) is 51.8 Å². The van der Waals surface area contributed by atoms with Gasteiger partial charge in [0, 0.05) is 22.3 Å². The third-order valence-electron chi connectivity index (χ3n) is 10.3. The normalized spacial score (nSPS) is 17.9. The summed E-state index contributed by atoms with van der Waals surface area (Å²) in [4.78, 5) is 16.1. The lowest BCUT2D eigenvalue weighted by molar-refractivity contribution is 0.409. The van der Waals surface area contributed by atoms with E-state index in [1.807, 2.05) is 18.2 Å². The van der Waals surface area contributed by atoms with Crippen LogP contribution in [-0.4, -0.2) is 15.0 Å². The molecule has 0 saturated heterocycles. The molecule has 0 N–H and O–H groups in total. The fraction of sp³-hybridized carbons (Fsp3) is 0.0930. The third-order valence-corrected chi connectivity index (χ3v) is 10.3. The molecule has 2 bridgehead atoms. The lowest BCUT2D eigenvalue weighted by Gasteiger charge is -2.48. The molecule has 3 aliphatic carbocycles. The van der Waals surface area contributed by atoms with Gasteiger partial charge in [-0.3, -0.25) is 0 Å². The maximum absolute atomic E-state index is 6.52. The molecular formula is C43H29N3O. The van der Waals surface area contributed by atoms with E-state index in [1.54, 1.807) is 0 Å². The molecule has 222 valence electrons. The molecule has 0 aliphatic heterocycles. The summed E-state index contributed by atoms with van der Waals surface area (Å²) in [6, 6.07) is 51.3. The van der Waals surface area contributed by atoms with Crippen molar-refractivity contribution < 1.29 is 4.42 Å². The molecule has 8 aromatic rings. The summed E-state index contributed by atoms with van der Waals surface area (Å²) in [5.74, 6) is 2.45. The van der Waals surface area contributed by atoms with Crippen LogP contribution in [0.15, 0.2) is 150 Å². The molecule has 0 amide bonds. The Kier molecular flexibility index (Phi) is 5.64. The fourth-order valence-corrected chi connectivity index (χ4v) is 8.19. The Balaban J connectivity index is 1.27. The first-order valence-corrected chi connectivity index (χ1v) is 16.3. The summed E-state index contributed by atoms with van der Waals surface area (Å²) < 4.78 is 6.52. The molecule has 0 fully saturated rings. The molecule has 0 spiro atoms. The zero-order chi connectivity index (χ0) is 31.0. The highest BCUT2D eigenvalue weighted by Crippen LogP contribution is 2.58. The van der Waals surface area contributed by atoms with Crippen LogP contribution in [-0.2, 0) is 5.41 Å². The summed E-state index contributed by atoms with van der Waals surface area (Å²) in [5, 5.41) is 2.14. The predicted molar refractivity (Wildman–Crippen MR) is 187 cm³/mol. The average Bonchev–Trinajstić information content (AvgIpc) is 3.54. The van der Waals surface area contributed by atoms with Gasteiger partial charge in [-0.1, -0.05) is 127 Å². The molecule has 0 radical (unpaired) electrons. The first-order chi connectivity index (χ1) is 23.3. The van der Waals surface area contributed by atoms with Gasteiger partial charge in [0.05, 0.1) is 11.0 Å². The van der Waals surface area contributed by atoms with Crippen LogP contribution in [0.2, 0.25) is 0 Å². The Morgan fingerprint density at radius 3 is 2.00 bits per heavy atom. The molecule has 47 heavy (non-hydrogen) atoms. The Morgan fingerprint density at radius 2 is 1.17 bits per heavy atom. The lowest BCUT2D eigenvalue weighted by Crippen LogP contribution is -2.42. The number of nitrogens with zero attached hydrogens (tertiary/aromatic N) is 3. The van der Waals surface area contributed by atoms with Crippen molar-refractivity contribution in [3.8, 4) is 33.9 Å². The highest BCUT2D eigenvalue weighted by Gasteiger charge is 2.51. The van der Waals surface area contributed by atoms with E-state index < -0.39 is 5.41 Å². The van der Waals surface area contributed by atoms with E-state index >= 15 is 0 Å². The summed E-state index contributed by atoms with van der Waals surface area (Å²) in [5.41, 5.74) is 10.6. The number of benzene rings is 6. The van der Waals surface area contributed by atoms with E-state index in [1.165, 1.54) is 22.3 Å². The van der Waals surface area contributed by atoms with Gasteiger partial charge in [-0.2, -0.15) is 0 Å². The summed E-state index contributed by atoms with van der Waals surface area (Å²) in [7, 11) is 0. The molecule has 4 heteroatoms. The van der Waals surface area contributed by atoms with Gasteiger partial charge in [0.1, 0.15) is 17.0 Å². The van der Waals surface area contributed by atoms with Gasteiger partial charge in [0.25, 0.3) is 0 Å². The van der Waals surface area contributed by atoms with Crippen LogP contribution in [0.3, 0.4) is 0 Å². The van der Waals surface area contributed by atoms with E-state index in [2.05, 4.69) is 127 Å². The summed E-state index contributed by atoms with van der Waals surface area (Å²) in [6.07, 6.45) is 1.99. The Hall–Kier alpha value is -5.87. The van der Waals surface area contributed by atoms with Crippen molar-refractivity contribution >= 4 is 21.9 Å². The zero-order valence-corrected chi connectivity index (χ0v) is 25.6. The molecule has 4 nitrogen and oxygen atoms in total. The van der Waals surface area contributed by atoms with Gasteiger partial charge < -0.3 is 4.42 Å². The molecule has 2 aromatic heterocycles. The summed E-state index contributed by atoms with van der Waals surface area (Å²) >= 11 is 0. The SMILES string of the molecule is c1ccc(-c2cccc(-c3nc(-c4cccc5c4oc4ccccc45)nc(C45CCC(c6ccccc64)c4ccccc45)n3)c2)cc1. The summed E-state index contributed by atoms with van der Waals surface area (Å²) in [6.45, 7) is 0. The van der Waals surface area contributed by atoms with Gasteiger partial charge in [0.2, 0.25) is 0 Å². The van der Waals surface area contributed by atoms with Gasteiger partial charge in [-0.15, -0.1) is 0 Å². The third kappa shape index (κ3) is 3.85. The largest absolute Gasteiger partial charge is 0.455 e.